The Hall–Kier alpha value is -1.51. The number of hydrogen-bond acceptors (Lipinski definition) is 3. The molecule has 1 aromatic heterocycles. The molecule has 2 rings (SSSR count). The molecule has 1 aliphatic rings. The van der Waals surface area contributed by atoms with Gasteiger partial charge in [-0.2, -0.15) is 0 Å². The maximum Gasteiger partial charge on any atom is 0.335 e. The zero-order valence-electron chi connectivity index (χ0n) is 7.46. The maximum atomic E-state index is 10.9. The van der Waals surface area contributed by atoms with Crippen LogP contribution in [0.4, 0.5) is 0 Å². The monoisotopic (exact) mass is 177 g/mol. The summed E-state index contributed by atoms with van der Waals surface area (Å²) in [4.78, 5) is 10.9. The first-order valence-corrected chi connectivity index (χ1v) is 4.27. The van der Waals surface area contributed by atoms with Crippen LogP contribution in [0.25, 0.3) is 5.57 Å². The van der Waals surface area contributed by atoms with Crippen molar-refractivity contribution in [1.29, 1.82) is 0 Å². The molecule has 68 valence electrons. The standard InChI is InChI=1S/C10H11NO2/c1-6-7-2-5-10(12)13-9(7)4-3-8(6)11/h2,5H,3-4,11H2,1H3. The second-order valence-electron chi connectivity index (χ2n) is 3.24. The average molecular weight is 177 g/mol. The van der Waals surface area contributed by atoms with Gasteiger partial charge in [-0.1, -0.05) is 0 Å². The SMILES string of the molecule is CC1=C(N)CCc2oc(=O)ccc21. The summed E-state index contributed by atoms with van der Waals surface area (Å²) in [5.41, 5.74) is 8.40. The summed E-state index contributed by atoms with van der Waals surface area (Å²) in [7, 11) is 0. The quantitative estimate of drug-likeness (QED) is 0.649. The Bertz CT molecular complexity index is 429. The minimum Gasteiger partial charge on any atom is -0.427 e. The van der Waals surface area contributed by atoms with E-state index in [9.17, 15) is 4.79 Å². The number of rotatable bonds is 0. The van der Waals surface area contributed by atoms with Crippen molar-refractivity contribution in [3.05, 3.63) is 39.6 Å². The summed E-state index contributed by atoms with van der Waals surface area (Å²) in [6.45, 7) is 1.95. The highest BCUT2D eigenvalue weighted by Crippen LogP contribution is 2.27. The maximum absolute atomic E-state index is 10.9. The Labute approximate surface area is 75.9 Å². The van der Waals surface area contributed by atoms with Crippen molar-refractivity contribution in [2.45, 2.75) is 19.8 Å². The number of fused-ring (bicyclic) bond motifs is 1. The van der Waals surface area contributed by atoms with Crippen LogP contribution >= 0.6 is 0 Å². The Balaban J connectivity index is 2.65. The van der Waals surface area contributed by atoms with Gasteiger partial charge in [-0.25, -0.2) is 4.79 Å². The predicted octanol–water partition coefficient (Wildman–Crippen LogP) is 1.28. The van der Waals surface area contributed by atoms with Gasteiger partial charge in [0.25, 0.3) is 0 Å². The van der Waals surface area contributed by atoms with Crippen molar-refractivity contribution in [3.63, 3.8) is 0 Å². The fourth-order valence-electron chi connectivity index (χ4n) is 1.58. The number of hydrogen-bond donors (Lipinski definition) is 1. The van der Waals surface area contributed by atoms with E-state index in [2.05, 4.69) is 0 Å². The Morgan fingerprint density at radius 3 is 2.92 bits per heavy atom. The lowest BCUT2D eigenvalue weighted by molar-refractivity contribution is 0.453. The molecule has 0 amide bonds. The molecule has 0 spiro atoms. The molecule has 0 aliphatic heterocycles. The average Bonchev–Trinajstić information content (AvgIpc) is 2.12. The van der Waals surface area contributed by atoms with Crippen LogP contribution in [0.1, 0.15) is 24.7 Å². The van der Waals surface area contributed by atoms with Crippen LogP contribution in [0.15, 0.2) is 27.0 Å². The zero-order valence-corrected chi connectivity index (χ0v) is 7.46. The van der Waals surface area contributed by atoms with Gasteiger partial charge in [-0.3, -0.25) is 0 Å². The first-order chi connectivity index (χ1) is 6.18. The van der Waals surface area contributed by atoms with Crippen LogP contribution in [0.2, 0.25) is 0 Å². The van der Waals surface area contributed by atoms with Gasteiger partial charge in [0.15, 0.2) is 0 Å². The smallest absolute Gasteiger partial charge is 0.335 e. The Morgan fingerprint density at radius 1 is 1.38 bits per heavy atom. The van der Waals surface area contributed by atoms with E-state index in [0.29, 0.717) is 0 Å². The van der Waals surface area contributed by atoms with E-state index < -0.39 is 0 Å². The summed E-state index contributed by atoms with van der Waals surface area (Å²) in [5, 5.41) is 0. The second kappa shape index (κ2) is 2.76. The van der Waals surface area contributed by atoms with Crippen molar-refractivity contribution < 1.29 is 4.42 Å². The van der Waals surface area contributed by atoms with E-state index >= 15 is 0 Å². The van der Waals surface area contributed by atoms with E-state index in [1.807, 2.05) is 6.92 Å². The number of allylic oxidation sites excluding steroid dienone is 2. The minimum absolute atomic E-state index is 0.285. The molecule has 3 heteroatoms. The lowest BCUT2D eigenvalue weighted by Crippen LogP contribution is -2.12. The third kappa shape index (κ3) is 1.26. The Kier molecular flexibility index (Phi) is 1.72. The van der Waals surface area contributed by atoms with Gasteiger partial charge >= 0.3 is 5.63 Å². The van der Waals surface area contributed by atoms with Crippen molar-refractivity contribution in [3.8, 4) is 0 Å². The first-order valence-electron chi connectivity index (χ1n) is 4.27. The van der Waals surface area contributed by atoms with Crippen LogP contribution in [0.5, 0.6) is 0 Å². The molecule has 0 atom stereocenters. The van der Waals surface area contributed by atoms with Crippen LogP contribution in [-0.2, 0) is 6.42 Å². The van der Waals surface area contributed by atoms with E-state index in [1.54, 1.807) is 6.07 Å². The van der Waals surface area contributed by atoms with Gasteiger partial charge in [0.2, 0.25) is 0 Å². The fraction of sp³-hybridized carbons (Fsp3) is 0.300. The molecule has 3 nitrogen and oxygen atoms in total. The number of aryl methyl sites for hydroxylation is 1. The zero-order chi connectivity index (χ0) is 9.42. The molecule has 2 N–H and O–H groups in total. The van der Waals surface area contributed by atoms with Crippen LogP contribution in [-0.4, -0.2) is 0 Å². The summed E-state index contributed by atoms with van der Waals surface area (Å²) in [5.74, 6) is 0.763. The van der Waals surface area contributed by atoms with Crippen LogP contribution in [0.3, 0.4) is 0 Å². The predicted molar refractivity (Wildman–Crippen MR) is 50.1 cm³/mol. The molecule has 0 unspecified atom stereocenters. The van der Waals surface area contributed by atoms with Gasteiger partial charge in [-0.05, 0) is 25.0 Å². The molecule has 0 saturated heterocycles. The van der Waals surface area contributed by atoms with Gasteiger partial charge in [0.1, 0.15) is 5.76 Å². The largest absolute Gasteiger partial charge is 0.427 e. The van der Waals surface area contributed by atoms with Gasteiger partial charge in [-0.15, -0.1) is 0 Å². The molecular weight excluding hydrogens is 166 g/mol. The summed E-state index contributed by atoms with van der Waals surface area (Å²) in [6, 6.07) is 3.21. The minimum atomic E-state index is -0.285. The van der Waals surface area contributed by atoms with Crippen molar-refractivity contribution in [2.75, 3.05) is 0 Å². The van der Waals surface area contributed by atoms with E-state index in [0.717, 1.165) is 35.4 Å². The molecule has 0 bridgehead atoms. The second-order valence-corrected chi connectivity index (χ2v) is 3.24. The van der Waals surface area contributed by atoms with Gasteiger partial charge in [0, 0.05) is 23.7 Å². The molecule has 0 aromatic carbocycles. The summed E-state index contributed by atoms with van der Waals surface area (Å²) >= 11 is 0. The lowest BCUT2D eigenvalue weighted by atomic mass is 9.95. The molecule has 0 radical (unpaired) electrons. The number of nitrogens with two attached hydrogens (primary N) is 1. The van der Waals surface area contributed by atoms with Crippen LogP contribution < -0.4 is 11.4 Å². The molecule has 0 saturated carbocycles. The highest BCUT2D eigenvalue weighted by molar-refractivity contribution is 5.69. The van der Waals surface area contributed by atoms with Gasteiger partial charge < -0.3 is 10.2 Å². The summed E-state index contributed by atoms with van der Waals surface area (Å²) < 4.78 is 5.07. The fourth-order valence-corrected chi connectivity index (χ4v) is 1.58. The molecule has 1 heterocycles. The van der Waals surface area contributed by atoms with Crippen molar-refractivity contribution in [1.82, 2.24) is 0 Å². The molecule has 0 fully saturated rings. The molecule has 1 aliphatic carbocycles. The van der Waals surface area contributed by atoms with Crippen molar-refractivity contribution >= 4 is 5.57 Å². The Morgan fingerprint density at radius 2 is 2.15 bits per heavy atom. The summed E-state index contributed by atoms with van der Waals surface area (Å²) in [6.07, 6.45) is 1.51. The molecule has 1 aromatic rings. The lowest BCUT2D eigenvalue weighted by Gasteiger charge is -2.16. The van der Waals surface area contributed by atoms with Crippen LogP contribution in [0, 0.1) is 0 Å². The molecule has 13 heavy (non-hydrogen) atoms. The highest BCUT2D eigenvalue weighted by atomic mass is 16.4. The third-order valence-corrected chi connectivity index (χ3v) is 2.42. The highest BCUT2D eigenvalue weighted by Gasteiger charge is 2.15. The van der Waals surface area contributed by atoms with E-state index in [-0.39, 0.29) is 5.63 Å². The first kappa shape index (κ1) is 8.10. The van der Waals surface area contributed by atoms with E-state index in [1.165, 1.54) is 6.07 Å². The van der Waals surface area contributed by atoms with E-state index in [4.69, 9.17) is 10.2 Å². The van der Waals surface area contributed by atoms with Gasteiger partial charge in [0.05, 0.1) is 0 Å². The third-order valence-electron chi connectivity index (χ3n) is 2.42. The van der Waals surface area contributed by atoms with Crippen molar-refractivity contribution in [2.24, 2.45) is 5.73 Å². The normalized spacial score (nSPS) is 15.8. The topological polar surface area (TPSA) is 56.2 Å². The molecular formula is C10H11NO2.